The summed E-state index contributed by atoms with van der Waals surface area (Å²) < 4.78 is 11.2. The van der Waals surface area contributed by atoms with E-state index in [1.165, 1.54) is 13.8 Å². The number of nitrogens with one attached hydrogen (secondary N) is 1. The average molecular weight is 236 g/mol. The van der Waals surface area contributed by atoms with Gasteiger partial charge in [-0.2, -0.15) is 0 Å². The van der Waals surface area contributed by atoms with Gasteiger partial charge in [-0.3, -0.25) is 14.2 Å². The first kappa shape index (κ1) is 12.2. The molecule has 0 aromatic rings. The highest BCUT2D eigenvalue weighted by Gasteiger charge is 2.47. The first-order valence-electron chi connectivity index (χ1n) is 4.29. The van der Waals surface area contributed by atoms with Gasteiger partial charge in [0.25, 0.3) is 0 Å². The van der Waals surface area contributed by atoms with Crippen molar-refractivity contribution in [3.8, 4) is 0 Å². The second-order valence-corrected chi connectivity index (χ2v) is 5.98. The SMILES string of the molecule is CC(C)(N1CC(=O)NCC1=O)P(=O)(O)O. The van der Waals surface area contributed by atoms with E-state index in [9.17, 15) is 14.2 Å². The lowest BCUT2D eigenvalue weighted by atomic mass is 10.2. The number of carbonyl (C=O) groups excluding carboxylic acids is 2. The molecule has 0 unspecified atom stereocenters. The molecule has 0 aromatic carbocycles. The molecule has 1 fully saturated rings. The maximum atomic E-state index is 11.4. The molecule has 0 spiro atoms. The summed E-state index contributed by atoms with van der Waals surface area (Å²) in [4.78, 5) is 41.5. The molecule has 7 nitrogen and oxygen atoms in total. The molecular formula is C7H13N2O5P. The van der Waals surface area contributed by atoms with Crippen LogP contribution in [0.15, 0.2) is 0 Å². The average Bonchev–Trinajstić information content (AvgIpc) is 2.07. The minimum absolute atomic E-state index is 0.220. The normalized spacial score (nSPS) is 19.1. The van der Waals surface area contributed by atoms with Gasteiger partial charge in [0, 0.05) is 0 Å². The Balaban J connectivity index is 3.00. The van der Waals surface area contributed by atoms with Crippen molar-refractivity contribution >= 4 is 19.4 Å². The number of hydrogen-bond acceptors (Lipinski definition) is 3. The van der Waals surface area contributed by atoms with Crippen molar-refractivity contribution in [3.05, 3.63) is 0 Å². The molecule has 2 amide bonds. The smallest absolute Gasteiger partial charge is 0.345 e. The van der Waals surface area contributed by atoms with Gasteiger partial charge in [-0.15, -0.1) is 0 Å². The Hall–Kier alpha value is -0.910. The molecule has 1 aliphatic rings. The molecule has 0 bridgehead atoms. The molecule has 3 N–H and O–H groups in total. The number of nitrogens with zero attached hydrogens (tertiary/aromatic N) is 1. The van der Waals surface area contributed by atoms with Crippen LogP contribution in [0.5, 0.6) is 0 Å². The summed E-state index contributed by atoms with van der Waals surface area (Å²) in [5, 5.41) is 0.651. The first-order valence-corrected chi connectivity index (χ1v) is 5.90. The van der Waals surface area contributed by atoms with E-state index in [1.54, 1.807) is 0 Å². The van der Waals surface area contributed by atoms with E-state index in [0.717, 1.165) is 4.90 Å². The second kappa shape index (κ2) is 3.59. The first-order chi connectivity index (χ1) is 6.66. The van der Waals surface area contributed by atoms with Crippen LogP contribution in [0, 0.1) is 0 Å². The lowest BCUT2D eigenvalue weighted by Crippen LogP contribution is -2.58. The molecule has 0 aromatic heterocycles. The van der Waals surface area contributed by atoms with Gasteiger partial charge in [-0.05, 0) is 13.8 Å². The fourth-order valence-corrected chi connectivity index (χ4v) is 1.71. The van der Waals surface area contributed by atoms with Crippen molar-refractivity contribution in [3.63, 3.8) is 0 Å². The lowest BCUT2D eigenvalue weighted by Gasteiger charge is -2.40. The molecule has 8 heteroatoms. The van der Waals surface area contributed by atoms with Gasteiger partial charge >= 0.3 is 7.60 Å². The third kappa shape index (κ3) is 2.19. The number of hydrogen-bond donors (Lipinski definition) is 3. The predicted molar refractivity (Wildman–Crippen MR) is 50.8 cm³/mol. The summed E-state index contributed by atoms with van der Waals surface area (Å²) in [6.07, 6.45) is 0. The Bertz CT molecular complexity index is 347. The zero-order valence-electron chi connectivity index (χ0n) is 8.43. The summed E-state index contributed by atoms with van der Waals surface area (Å²) in [6.45, 7) is 1.94. The lowest BCUT2D eigenvalue weighted by molar-refractivity contribution is -0.143. The summed E-state index contributed by atoms with van der Waals surface area (Å²) in [5.74, 6) is -0.918. The Labute approximate surface area is 86.6 Å². The van der Waals surface area contributed by atoms with Crippen LogP contribution >= 0.6 is 7.60 Å². The third-order valence-electron chi connectivity index (χ3n) is 2.41. The van der Waals surface area contributed by atoms with Crippen LogP contribution in [-0.2, 0) is 14.2 Å². The van der Waals surface area contributed by atoms with E-state index < -0.39 is 24.7 Å². The van der Waals surface area contributed by atoms with E-state index in [1.807, 2.05) is 0 Å². The van der Waals surface area contributed by atoms with E-state index in [2.05, 4.69) is 5.32 Å². The third-order valence-corrected chi connectivity index (χ3v) is 4.08. The highest BCUT2D eigenvalue weighted by Crippen LogP contribution is 2.51. The summed E-state index contributed by atoms with van der Waals surface area (Å²) in [7, 11) is -4.48. The van der Waals surface area contributed by atoms with E-state index in [4.69, 9.17) is 9.79 Å². The maximum Gasteiger partial charge on any atom is 0.350 e. The van der Waals surface area contributed by atoms with Crippen molar-refractivity contribution in [2.45, 2.75) is 19.1 Å². The molecular weight excluding hydrogens is 223 g/mol. The number of rotatable bonds is 2. The molecule has 1 aliphatic heterocycles. The van der Waals surface area contributed by atoms with Crippen molar-refractivity contribution in [1.29, 1.82) is 0 Å². The summed E-state index contributed by atoms with van der Waals surface area (Å²) in [5.41, 5.74) is 0. The fourth-order valence-electron chi connectivity index (χ4n) is 1.21. The van der Waals surface area contributed by atoms with E-state index >= 15 is 0 Å². The Morgan fingerprint density at radius 3 is 2.40 bits per heavy atom. The van der Waals surface area contributed by atoms with Crippen molar-refractivity contribution in [1.82, 2.24) is 10.2 Å². The van der Waals surface area contributed by atoms with Crippen LogP contribution < -0.4 is 5.32 Å². The van der Waals surface area contributed by atoms with Crippen LogP contribution in [0.25, 0.3) is 0 Å². The number of carbonyl (C=O) groups is 2. The second-order valence-electron chi connectivity index (χ2n) is 3.80. The Kier molecular flexibility index (Phi) is 2.91. The van der Waals surface area contributed by atoms with E-state index in [-0.39, 0.29) is 13.1 Å². The van der Waals surface area contributed by atoms with Gasteiger partial charge < -0.3 is 20.0 Å². The standard InChI is InChI=1S/C7H13N2O5P/c1-7(2,15(12,13)14)9-4-5(10)8-3-6(9)11/h3-4H2,1-2H3,(H,8,10)(H2,12,13,14). The number of amides is 2. The molecule has 15 heavy (non-hydrogen) atoms. The Morgan fingerprint density at radius 1 is 1.40 bits per heavy atom. The van der Waals surface area contributed by atoms with Gasteiger partial charge in [0.15, 0.2) is 0 Å². The zero-order chi connectivity index (χ0) is 11.9. The molecule has 86 valence electrons. The van der Waals surface area contributed by atoms with Crippen molar-refractivity contribution in [2.75, 3.05) is 13.1 Å². The van der Waals surface area contributed by atoms with Gasteiger partial charge in [-0.25, -0.2) is 0 Å². The largest absolute Gasteiger partial charge is 0.350 e. The topological polar surface area (TPSA) is 107 Å². The molecule has 0 saturated carbocycles. The van der Waals surface area contributed by atoms with Crippen LogP contribution in [0.4, 0.5) is 0 Å². The predicted octanol–water partition coefficient (Wildman–Crippen LogP) is -1.14. The monoisotopic (exact) mass is 236 g/mol. The molecule has 0 aliphatic carbocycles. The van der Waals surface area contributed by atoms with Crippen LogP contribution in [0.3, 0.4) is 0 Å². The van der Waals surface area contributed by atoms with Crippen molar-refractivity contribution < 1.29 is 23.9 Å². The van der Waals surface area contributed by atoms with Gasteiger partial charge in [0.2, 0.25) is 11.8 Å². The van der Waals surface area contributed by atoms with Gasteiger partial charge in [-0.1, -0.05) is 0 Å². The Morgan fingerprint density at radius 2 is 1.93 bits per heavy atom. The molecule has 1 heterocycles. The highest BCUT2D eigenvalue weighted by atomic mass is 31.2. The zero-order valence-corrected chi connectivity index (χ0v) is 9.32. The number of piperazine rings is 1. The van der Waals surface area contributed by atoms with Crippen LogP contribution in [-0.4, -0.2) is 44.9 Å². The quantitative estimate of drug-likeness (QED) is 0.525. The molecule has 1 rings (SSSR count). The minimum Gasteiger partial charge on any atom is -0.345 e. The van der Waals surface area contributed by atoms with Crippen molar-refractivity contribution in [2.24, 2.45) is 0 Å². The van der Waals surface area contributed by atoms with E-state index in [0.29, 0.717) is 0 Å². The molecule has 0 radical (unpaired) electrons. The maximum absolute atomic E-state index is 11.4. The van der Waals surface area contributed by atoms with Gasteiger partial charge in [0.1, 0.15) is 11.8 Å². The molecule has 0 atom stereocenters. The highest BCUT2D eigenvalue weighted by molar-refractivity contribution is 7.53. The fraction of sp³-hybridized carbons (Fsp3) is 0.714. The minimum atomic E-state index is -4.48. The molecule has 1 saturated heterocycles. The van der Waals surface area contributed by atoms with Crippen LogP contribution in [0.2, 0.25) is 0 Å². The van der Waals surface area contributed by atoms with Crippen LogP contribution in [0.1, 0.15) is 13.8 Å². The summed E-state index contributed by atoms with van der Waals surface area (Å²) >= 11 is 0. The van der Waals surface area contributed by atoms with Gasteiger partial charge in [0.05, 0.1) is 6.54 Å². The summed E-state index contributed by atoms with van der Waals surface area (Å²) in [6, 6.07) is 0.